The van der Waals surface area contributed by atoms with Crippen molar-refractivity contribution in [2.24, 2.45) is 5.92 Å². The third-order valence-corrected chi connectivity index (χ3v) is 5.37. The molecule has 0 radical (unpaired) electrons. The van der Waals surface area contributed by atoms with Gasteiger partial charge in [-0.15, -0.1) is 0 Å². The van der Waals surface area contributed by atoms with E-state index in [-0.39, 0.29) is 17.7 Å². The van der Waals surface area contributed by atoms with Gasteiger partial charge in [0.05, 0.1) is 5.69 Å². The molecular formula is C19H25N3O4. The van der Waals surface area contributed by atoms with Crippen molar-refractivity contribution in [3.05, 3.63) is 18.2 Å². The van der Waals surface area contributed by atoms with Gasteiger partial charge in [-0.2, -0.15) is 0 Å². The van der Waals surface area contributed by atoms with Crippen LogP contribution in [0.3, 0.4) is 0 Å². The van der Waals surface area contributed by atoms with Crippen LogP contribution < -0.4 is 14.4 Å². The molecule has 3 heterocycles. The third kappa shape index (κ3) is 3.23. The van der Waals surface area contributed by atoms with Gasteiger partial charge in [-0.05, 0) is 12.1 Å². The fourth-order valence-corrected chi connectivity index (χ4v) is 3.84. The smallest absolute Gasteiger partial charge is 0.232 e. The van der Waals surface area contributed by atoms with Gasteiger partial charge < -0.3 is 14.4 Å². The van der Waals surface area contributed by atoms with Gasteiger partial charge in [-0.1, -0.05) is 13.0 Å². The zero-order valence-electron chi connectivity index (χ0n) is 15.1. The number of fused-ring (bicyclic) bond motifs is 1. The number of amides is 2. The first-order valence-electron chi connectivity index (χ1n) is 9.33. The highest BCUT2D eigenvalue weighted by molar-refractivity contribution is 6.03. The topological polar surface area (TPSA) is 62.3 Å². The minimum absolute atomic E-state index is 0.0262. The van der Waals surface area contributed by atoms with Gasteiger partial charge in [0.15, 0.2) is 11.5 Å². The highest BCUT2D eigenvalue weighted by Gasteiger charge is 2.35. The number of para-hydroxylation sites is 1. The summed E-state index contributed by atoms with van der Waals surface area (Å²) in [6, 6.07) is 6.02. The van der Waals surface area contributed by atoms with Crippen LogP contribution in [0.25, 0.3) is 0 Å². The number of imide groups is 1. The first-order chi connectivity index (χ1) is 12.6. The molecule has 4 rings (SSSR count). The molecule has 1 unspecified atom stereocenters. The number of piperazine rings is 1. The molecule has 7 nitrogen and oxygen atoms in total. The van der Waals surface area contributed by atoms with Crippen molar-refractivity contribution >= 4 is 17.5 Å². The van der Waals surface area contributed by atoms with E-state index in [2.05, 4.69) is 15.9 Å². The molecule has 3 aliphatic heterocycles. The summed E-state index contributed by atoms with van der Waals surface area (Å²) in [5.74, 6) is 1.44. The van der Waals surface area contributed by atoms with E-state index in [4.69, 9.17) is 9.47 Å². The Morgan fingerprint density at radius 2 is 1.81 bits per heavy atom. The molecule has 2 saturated heterocycles. The molecule has 0 aromatic heterocycles. The van der Waals surface area contributed by atoms with Crippen molar-refractivity contribution in [1.82, 2.24) is 9.80 Å². The standard InChI is InChI=1S/C19H25N3O4/c1-14-13-17(23)22(19(14)24)10-7-20-5-8-21(9-6-20)15-3-2-4-16-18(15)26-12-11-25-16/h2-4,14H,5-13H2,1H3. The Bertz CT molecular complexity index is 700. The molecule has 26 heavy (non-hydrogen) atoms. The van der Waals surface area contributed by atoms with Crippen LogP contribution in [0, 0.1) is 5.92 Å². The van der Waals surface area contributed by atoms with Crippen molar-refractivity contribution in [2.75, 3.05) is 57.4 Å². The summed E-state index contributed by atoms with van der Waals surface area (Å²) in [4.78, 5) is 30.0. The molecule has 7 heteroatoms. The van der Waals surface area contributed by atoms with Crippen LogP contribution in [-0.2, 0) is 9.59 Å². The molecule has 3 aliphatic rings. The van der Waals surface area contributed by atoms with E-state index in [0.29, 0.717) is 26.2 Å². The molecule has 2 amide bonds. The second-order valence-corrected chi connectivity index (χ2v) is 7.12. The molecule has 140 valence electrons. The molecule has 0 N–H and O–H groups in total. The Morgan fingerprint density at radius 3 is 2.54 bits per heavy atom. The van der Waals surface area contributed by atoms with Gasteiger partial charge >= 0.3 is 0 Å². The van der Waals surface area contributed by atoms with E-state index >= 15 is 0 Å². The lowest BCUT2D eigenvalue weighted by Crippen LogP contribution is -2.49. The lowest BCUT2D eigenvalue weighted by atomic mass is 10.1. The fraction of sp³-hybridized carbons (Fsp3) is 0.579. The molecule has 0 aliphatic carbocycles. The highest BCUT2D eigenvalue weighted by atomic mass is 16.6. The third-order valence-electron chi connectivity index (χ3n) is 5.37. The van der Waals surface area contributed by atoms with Crippen LogP contribution in [0.15, 0.2) is 18.2 Å². The number of ether oxygens (including phenoxy) is 2. The molecule has 1 aromatic rings. The Labute approximate surface area is 153 Å². The molecule has 2 fully saturated rings. The van der Waals surface area contributed by atoms with E-state index in [0.717, 1.165) is 49.9 Å². The Balaban J connectivity index is 1.32. The lowest BCUT2D eigenvalue weighted by molar-refractivity contribution is -0.139. The highest BCUT2D eigenvalue weighted by Crippen LogP contribution is 2.39. The van der Waals surface area contributed by atoms with Gasteiger partial charge in [0.1, 0.15) is 13.2 Å². The summed E-state index contributed by atoms with van der Waals surface area (Å²) in [6.45, 7) is 7.81. The first-order valence-corrected chi connectivity index (χ1v) is 9.33. The second-order valence-electron chi connectivity index (χ2n) is 7.12. The first kappa shape index (κ1) is 17.1. The number of carbonyl (C=O) groups excluding carboxylic acids is 2. The summed E-state index contributed by atoms with van der Waals surface area (Å²) in [5.41, 5.74) is 1.08. The fourth-order valence-electron chi connectivity index (χ4n) is 3.84. The number of likely N-dealkylation sites (tertiary alicyclic amines) is 1. The van der Waals surface area contributed by atoms with E-state index < -0.39 is 0 Å². The van der Waals surface area contributed by atoms with E-state index in [1.165, 1.54) is 4.90 Å². The van der Waals surface area contributed by atoms with E-state index in [1.807, 2.05) is 19.1 Å². The van der Waals surface area contributed by atoms with Gasteiger partial charge in [-0.3, -0.25) is 19.4 Å². The number of anilines is 1. The minimum Gasteiger partial charge on any atom is -0.486 e. The zero-order chi connectivity index (χ0) is 18.1. The number of hydrogen-bond acceptors (Lipinski definition) is 6. The monoisotopic (exact) mass is 359 g/mol. The van der Waals surface area contributed by atoms with Gasteiger partial charge in [-0.25, -0.2) is 0 Å². The van der Waals surface area contributed by atoms with Crippen molar-refractivity contribution in [2.45, 2.75) is 13.3 Å². The quantitative estimate of drug-likeness (QED) is 0.747. The van der Waals surface area contributed by atoms with Gasteiger partial charge in [0.2, 0.25) is 11.8 Å². The van der Waals surface area contributed by atoms with E-state index in [9.17, 15) is 9.59 Å². The van der Waals surface area contributed by atoms with Crippen LogP contribution in [-0.4, -0.2) is 74.1 Å². The maximum absolute atomic E-state index is 12.0. The van der Waals surface area contributed by atoms with Crippen molar-refractivity contribution < 1.29 is 19.1 Å². The predicted molar refractivity (Wildman–Crippen MR) is 96.6 cm³/mol. The van der Waals surface area contributed by atoms with Crippen molar-refractivity contribution in [3.8, 4) is 11.5 Å². The summed E-state index contributed by atoms with van der Waals surface area (Å²) >= 11 is 0. The molecular weight excluding hydrogens is 334 g/mol. The number of rotatable bonds is 4. The maximum Gasteiger partial charge on any atom is 0.232 e. The molecule has 0 spiro atoms. The molecule has 1 atom stereocenters. The average Bonchev–Trinajstić information content (AvgIpc) is 2.92. The minimum atomic E-state index is -0.161. The average molecular weight is 359 g/mol. The molecule has 0 saturated carbocycles. The maximum atomic E-state index is 12.0. The van der Waals surface area contributed by atoms with Crippen LogP contribution in [0.2, 0.25) is 0 Å². The summed E-state index contributed by atoms with van der Waals surface area (Å²) in [5, 5.41) is 0. The molecule has 0 bridgehead atoms. The normalized spacial score (nSPS) is 23.7. The van der Waals surface area contributed by atoms with Crippen LogP contribution in [0.1, 0.15) is 13.3 Å². The molecule has 1 aromatic carbocycles. The van der Waals surface area contributed by atoms with E-state index in [1.54, 1.807) is 0 Å². The van der Waals surface area contributed by atoms with Crippen LogP contribution in [0.4, 0.5) is 5.69 Å². The Hall–Kier alpha value is -2.28. The van der Waals surface area contributed by atoms with Gasteiger partial charge in [0, 0.05) is 51.6 Å². The van der Waals surface area contributed by atoms with Crippen molar-refractivity contribution in [3.63, 3.8) is 0 Å². The van der Waals surface area contributed by atoms with Gasteiger partial charge in [0.25, 0.3) is 0 Å². The second kappa shape index (κ2) is 7.15. The number of carbonyl (C=O) groups is 2. The number of nitrogens with zero attached hydrogens (tertiary/aromatic N) is 3. The predicted octanol–water partition coefficient (Wildman–Crippen LogP) is 0.975. The summed E-state index contributed by atoms with van der Waals surface area (Å²) in [6.07, 6.45) is 0.355. The zero-order valence-corrected chi connectivity index (χ0v) is 15.1. The van der Waals surface area contributed by atoms with Crippen molar-refractivity contribution in [1.29, 1.82) is 0 Å². The Morgan fingerprint density at radius 1 is 1.04 bits per heavy atom. The summed E-state index contributed by atoms with van der Waals surface area (Å²) in [7, 11) is 0. The lowest BCUT2D eigenvalue weighted by Gasteiger charge is -2.37. The van der Waals surface area contributed by atoms with Crippen LogP contribution in [0.5, 0.6) is 11.5 Å². The summed E-state index contributed by atoms with van der Waals surface area (Å²) < 4.78 is 11.5. The number of benzene rings is 1. The SMILES string of the molecule is CC1CC(=O)N(CCN2CCN(c3cccc4c3OCCO4)CC2)C1=O. The van der Waals surface area contributed by atoms with Crippen LogP contribution >= 0.6 is 0 Å². The largest absolute Gasteiger partial charge is 0.486 e. The number of hydrogen-bond donors (Lipinski definition) is 0. The Kier molecular flexibility index (Phi) is 4.72.